The number of phenolic OH excluding ortho intramolecular Hbond substituents is 1. The highest BCUT2D eigenvalue weighted by Gasteiger charge is 1.74. The molecule has 0 fully saturated rings. The maximum Gasteiger partial charge on any atom is 0.115 e. The first-order valence-electron chi connectivity index (χ1n) is 2.30. The lowest BCUT2D eigenvalue weighted by Crippen LogP contribution is -1.56. The topological polar surface area (TPSA) is 75.5 Å². The van der Waals surface area contributed by atoms with Crippen LogP contribution in [0.15, 0.2) is 30.3 Å². The van der Waals surface area contributed by atoms with Crippen molar-refractivity contribution in [2.24, 2.45) is 0 Å². The van der Waals surface area contributed by atoms with Gasteiger partial charge in [0.25, 0.3) is 0 Å². The Morgan fingerprint density at radius 2 is 1.40 bits per heavy atom. The molecule has 0 unspecified atom stereocenters. The highest BCUT2D eigenvalue weighted by Crippen LogP contribution is 2.02. The predicted molar refractivity (Wildman–Crippen MR) is 41.2 cm³/mol. The van der Waals surface area contributed by atoms with Gasteiger partial charge < -0.3 is 11.3 Å². The number of hydrogen-bond donors (Lipinski definition) is 3. The van der Waals surface area contributed by atoms with Crippen LogP contribution in [0.25, 0.3) is 0 Å². The van der Waals surface area contributed by atoms with Gasteiger partial charge in [0.05, 0.1) is 11.9 Å². The lowest BCUT2D eigenvalue weighted by molar-refractivity contribution is 0.475. The molecule has 4 heteroatoms. The van der Waals surface area contributed by atoms with Gasteiger partial charge in [-0.25, -0.2) is 0 Å². The van der Waals surface area contributed by atoms with Gasteiger partial charge in [-0.1, -0.05) is 18.2 Å². The highest BCUT2D eigenvalue weighted by molar-refractivity contribution is 6.04. The molecular formula is C6H10ClNO2. The van der Waals surface area contributed by atoms with Gasteiger partial charge in [-0.3, -0.25) is 4.66 Å². The van der Waals surface area contributed by atoms with E-state index in [2.05, 4.69) is 11.9 Å². The van der Waals surface area contributed by atoms with E-state index in [0.29, 0.717) is 5.75 Å². The Hall–Kier alpha value is -0.770. The molecule has 0 spiro atoms. The zero-order valence-electron chi connectivity index (χ0n) is 5.37. The van der Waals surface area contributed by atoms with Crippen LogP contribution in [0.3, 0.4) is 0 Å². The van der Waals surface area contributed by atoms with Gasteiger partial charge >= 0.3 is 0 Å². The van der Waals surface area contributed by atoms with Crippen molar-refractivity contribution in [3.05, 3.63) is 30.3 Å². The van der Waals surface area contributed by atoms with E-state index < -0.39 is 0 Å². The Morgan fingerprint density at radius 1 is 1.00 bits per heavy atom. The third-order valence-corrected chi connectivity index (χ3v) is 0.756. The summed E-state index contributed by atoms with van der Waals surface area (Å²) in [5, 5.41) is 8.63. The molecule has 0 heterocycles. The Bertz CT molecular complexity index is 146. The van der Waals surface area contributed by atoms with Gasteiger partial charge in [-0.05, 0) is 12.1 Å². The largest absolute Gasteiger partial charge is 0.508 e. The normalized spacial score (nSPS) is 6.60. The van der Waals surface area contributed by atoms with E-state index in [9.17, 15) is 0 Å². The van der Waals surface area contributed by atoms with Crippen molar-refractivity contribution in [1.82, 2.24) is 6.15 Å². The van der Waals surface area contributed by atoms with Gasteiger partial charge in [-0.2, -0.15) is 0 Å². The third kappa shape index (κ3) is 5.37. The molecule has 0 aliphatic rings. The zero-order chi connectivity index (χ0) is 7.11. The van der Waals surface area contributed by atoms with Crippen LogP contribution >= 0.6 is 11.9 Å². The Balaban J connectivity index is 0. The first-order chi connectivity index (χ1) is 4.39. The van der Waals surface area contributed by atoms with E-state index in [-0.39, 0.29) is 6.15 Å². The van der Waals surface area contributed by atoms with Gasteiger partial charge in [0, 0.05) is 0 Å². The first kappa shape index (κ1) is 12.0. The van der Waals surface area contributed by atoms with Crippen LogP contribution in [0.4, 0.5) is 0 Å². The molecule has 0 saturated carbocycles. The van der Waals surface area contributed by atoms with Crippen molar-refractivity contribution < 1.29 is 9.77 Å². The summed E-state index contributed by atoms with van der Waals surface area (Å²) in [7, 11) is 0. The lowest BCUT2D eigenvalue weighted by Gasteiger charge is -1.82. The smallest absolute Gasteiger partial charge is 0.115 e. The van der Waals surface area contributed by atoms with E-state index in [1.807, 2.05) is 6.07 Å². The minimum atomic E-state index is 0. The van der Waals surface area contributed by atoms with Gasteiger partial charge in [0.2, 0.25) is 0 Å². The molecule has 0 aliphatic heterocycles. The number of rotatable bonds is 0. The van der Waals surface area contributed by atoms with Crippen LogP contribution < -0.4 is 6.15 Å². The fourth-order valence-corrected chi connectivity index (χ4v) is 0.428. The Morgan fingerprint density at radius 3 is 1.60 bits per heavy atom. The zero-order valence-corrected chi connectivity index (χ0v) is 6.12. The summed E-state index contributed by atoms with van der Waals surface area (Å²) in [6, 6.07) is 8.71. The third-order valence-electron chi connectivity index (χ3n) is 0.756. The fourth-order valence-electron chi connectivity index (χ4n) is 0.428. The summed E-state index contributed by atoms with van der Waals surface area (Å²) in [5.74, 6) is 0.322. The second-order valence-corrected chi connectivity index (χ2v) is 1.34. The van der Waals surface area contributed by atoms with Gasteiger partial charge in [-0.15, -0.1) is 0 Å². The number of benzene rings is 1. The monoisotopic (exact) mass is 163 g/mol. The Kier molecular flexibility index (Phi) is 9.84. The molecule has 3 nitrogen and oxygen atoms in total. The van der Waals surface area contributed by atoms with Crippen LogP contribution in [-0.4, -0.2) is 9.77 Å². The highest BCUT2D eigenvalue weighted by atomic mass is 35.5. The summed E-state index contributed by atoms with van der Waals surface area (Å²) < 4.78 is 6.47. The molecule has 0 amide bonds. The molecule has 1 aromatic carbocycles. The molecule has 0 saturated heterocycles. The predicted octanol–water partition coefficient (Wildman–Crippen LogP) is 1.69. The number of aromatic hydroxyl groups is 1. The molecule has 0 bridgehead atoms. The summed E-state index contributed by atoms with van der Waals surface area (Å²) in [6.45, 7) is 0. The van der Waals surface area contributed by atoms with Crippen molar-refractivity contribution in [3.8, 4) is 5.75 Å². The van der Waals surface area contributed by atoms with Crippen molar-refractivity contribution in [2.45, 2.75) is 0 Å². The van der Waals surface area contributed by atoms with Crippen LogP contribution in [0.5, 0.6) is 5.75 Å². The van der Waals surface area contributed by atoms with Crippen LogP contribution in [-0.2, 0) is 0 Å². The van der Waals surface area contributed by atoms with Crippen LogP contribution in [0.1, 0.15) is 0 Å². The molecule has 58 valence electrons. The van der Waals surface area contributed by atoms with Crippen molar-refractivity contribution in [3.63, 3.8) is 0 Å². The SMILES string of the molecule is N.OCl.Oc1ccccc1. The molecule has 10 heavy (non-hydrogen) atoms. The second kappa shape index (κ2) is 8.23. The molecule has 1 rings (SSSR count). The molecule has 1 aromatic rings. The quantitative estimate of drug-likeness (QED) is 0.545. The summed E-state index contributed by atoms with van der Waals surface area (Å²) in [5.41, 5.74) is 0. The van der Waals surface area contributed by atoms with Gasteiger partial charge in [0.1, 0.15) is 5.75 Å². The van der Waals surface area contributed by atoms with Crippen molar-refractivity contribution >= 4 is 11.9 Å². The standard InChI is InChI=1S/C6H6O.ClHO.H3N/c7-6-4-2-1-3-5-6;1-2;/h1-5,7H;2H;1H3. The second-order valence-electron chi connectivity index (χ2n) is 1.34. The van der Waals surface area contributed by atoms with Crippen molar-refractivity contribution in [2.75, 3.05) is 0 Å². The first-order valence-corrected chi connectivity index (χ1v) is 2.64. The molecular weight excluding hydrogens is 154 g/mol. The number of hydrogen-bond acceptors (Lipinski definition) is 3. The van der Waals surface area contributed by atoms with Crippen LogP contribution in [0.2, 0.25) is 0 Å². The lowest BCUT2D eigenvalue weighted by atomic mass is 10.3. The maximum atomic E-state index is 8.63. The number of phenols is 1. The maximum absolute atomic E-state index is 8.63. The summed E-state index contributed by atoms with van der Waals surface area (Å²) in [4.78, 5) is 0. The average molecular weight is 164 g/mol. The molecule has 0 aromatic heterocycles. The van der Waals surface area contributed by atoms with E-state index in [1.165, 1.54) is 0 Å². The average Bonchev–Trinajstić information content (AvgIpc) is 1.94. The minimum absolute atomic E-state index is 0. The summed E-state index contributed by atoms with van der Waals surface area (Å²) in [6.07, 6.45) is 0. The summed E-state index contributed by atoms with van der Waals surface area (Å²) >= 11 is 3.64. The number of para-hydroxylation sites is 1. The molecule has 0 aliphatic carbocycles. The van der Waals surface area contributed by atoms with Gasteiger partial charge in [0.15, 0.2) is 0 Å². The van der Waals surface area contributed by atoms with Crippen LogP contribution in [0, 0.1) is 0 Å². The Labute approximate surface area is 64.6 Å². The van der Waals surface area contributed by atoms with E-state index in [4.69, 9.17) is 9.77 Å². The van der Waals surface area contributed by atoms with E-state index >= 15 is 0 Å². The molecule has 5 N–H and O–H groups in total. The molecule has 0 radical (unpaired) electrons. The number of halogens is 1. The molecule has 0 atom stereocenters. The van der Waals surface area contributed by atoms with E-state index in [1.54, 1.807) is 24.3 Å². The minimum Gasteiger partial charge on any atom is -0.508 e. The fraction of sp³-hybridized carbons (Fsp3) is 0. The van der Waals surface area contributed by atoms with Crippen molar-refractivity contribution in [1.29, 1.82) is 0 Å². The van der Waals surface area contributed by atoms with E-state index in [0.717, 1.165) is 0 Å².